The van der Waals surface area contributed by atoms with Gasteiger partial charge in [0, 0.05) is 13.1 Å². The fourth-order valence-electron chi connectivity index (χ4n) is 2.47. The van der Waals surface area contributed by atoms with Crippen molar-refractivity contribution >= 4 is 22.7 Å². The molecule has 0 aliphatic rings. The van der Waals surface area contributed by atoms with Crippen LogP contribution in [0.15, 0.2) is 44.0 Å². The van der Waals surface area contributed by atoms with E-state index in [0.29, 0.717) is 11.3 Å². The van der Waals surface area contributed by atoms with Crippen molar-refractivity contribution in [3.05, 3.63) is 62.5 Å². The van der Waals surface area contributed by atoms with E-state index in [1.165, 1.54) is 17.0 Å². The SMILES string of the molecule is Cc1ccc(CN(C)C(=O)Cn2c(=O)oc3cc([N+](=O)[O-])ccc32)o1. The smallest absolute Gasteiger partial charge is 0.420 e. The minimum Gasteiger partial charge on any atom is -0.464 e. The van der Waals surface area contributed by atoms with E-state index < -0.39 is 10.7 Å². The van der Waals surface area contributed by atoms with E-state index in [9.17, 15) is 19.7 Å². The Morgan fingerprint density at radius 3 is 2.68 bits per heavy atom. The maximum atomic E-state index is 12.4. The first-order valence-electron chi connectivity index (χ1n) is 7.42. The molecule has 9 heteroatoms. The first-order chi connectivity index (χ1) is 11.8. The average Bonchev–Trinajstić information content (AvgIpc) is 3.10. The summed E-state index contributed by atoms with van der Waals surface area (Å²) in [5, 5.41) is 10.8. The molecule has 0 radical (unpaired) electrons. The largest absolute Gasteiger partial charge is 0.464 e. The van der Waals surface area contributed by atoms with Gasteiger partial charge in [0.15, 0.2) is 5.58 Å². The Kier molecular flexibility index (Phi) is 4.14. The van der Waals surface area contributed by atoms with Crippen molar-refractivity contribution in [2.24, 2.45) is 0 Å². The molecule has 1 amide bonds. The molecule has 0 aliphatic carbocycles. The Hall–Kier alpha value is -3.36. The average molecular weight is 345 g/mol. The van der Waals surface area contributed by atoms with Gasteiger partial charge < -0.3 is 13.7 Å². The molecular weight excluding hydrogens is 330 g/mol. The molecule has 2 heterocycles. The summed E-state index contributed by atoms with van der Waals surface area (Å²) in [6.07, 6.45) is 0. The summed E-state index contributed by atoms with van der Waals surface area (Å²) in [4.78, 5) is 36.0. The molecular formula is C16H15N3O6. The minimum atomic E-state index is -0.744. The first kappa shape index (κ1) is 16.5. The van der Waals surface area contributed by atoms with Crippen molar-refractivity contribution in [3.63, 3.8) is 0 Å². The van der Waals surface area contributed by atoms with Crippen LogP contribution in [0.25, 0.3) is 11.1 Å². The summed E-state index contributed by atoms with van der Waals surface area (Å²) < 4.78 is 11.6. The lowest BCUT2D eigenvalue weighted by Gasteiger charge is -2.15. The summed E-state index contributed by atoms with van der Waals surface area (Å²) in [7, 11) is 1.60. The van der Waals surface area contributed by atoms with Crippen molar-refractivity contribution in [2.75, 3.05) is 7.05 Å². The van der Waals surface area contributed by atoms with Gasteiger partial charge in [-0.25, -0.2) is 4.79 Å². The Morgan fingerprint density at radius 2 is 2.04 bits per heavy atom. The number of amides is 1. The number of hydrogen-bond acceptors (Lipinski definition) is 6. The summed E-state index contributed by atoms with van der Waals surface area (Å²) in [5.41, 5.74) is 0.201. The summed E-state index contributed by atoms with van der Waals surface area (Å²) in [6, 6.07) is 7.38. The molecule has 0 fully saturated rings. The van der Waals surface area contributed by atoms with Gasteiger partial charge in [0.1, 0.15) is 18.1 Å². The molecule has 0 saturated carbocycles. The molecule has 130 valence electrons. The standard InChI is InChI=1S/C16H15N3O6/c1-10-3-5-12(24-10)8-17(2)15(20)9-18-13-6-4-11(19(22)23)7-14(13)25-16(18)21/h3-7H,8-9H2,1-2H3. The number of non-ortho nitro benzene ring substituents is 1. The van der Waals surface area contributed by atoms with Gasteiger partial charge in [0.05, 0.1) is 23.1 Å². The number of nitrogens with zero attached hydrogens (tertiary/aromatic N) is 3. The number of oxazole rings is 1. The maximum Gasteiger partial charge on any atom is 0.420 e. The molecule has 0 unspecified atom stereocenters. The van der Waals surface area contributed by atoms with E-state index in [-0.39, 0.29) is 30.3 Å². The van der Waals surface area contributed by atoms with E-state index in [1.807, 2.05) is 6.92 Å². The summed E-state index contributed by atoms with van der Waals surface area (Å²) >= 11 is 0. The highest BCUT2D eigenvalue weighted by atomic mass is 16.6. The molecule has 2 aromatic heterocycles. The number of furan rings is 1. The summed E-state index contributed by atoms with van der Waals surface area (Å²) in [5.74, 6) is 0.311. The Labute approximate surface area is 141 Å². The number of carbonyl (C=O) groups is 1. The van der Waals surface area contributed by atoms with Crippen LogP contribution in [0.1, 0.15) is 11.5 Å². The van der Waals surface area contributed by atoms with Gasteiger partial charge >= 0.3 is 5.76 Å². The van der Waals surface area contributed by atoms with Crippen LogP contribution in [0.4, 0.5) is 5.69 Å². The lowest BCUT2D eigenvalue weighted by Crippen LogP contribution is -2.32. The second-order valence-electron chi connectivity index (χ2n) is 5.63. The monoisotopic (exact) mass is 345 g/mol. The van der Waals surface area contributed by atoms with Crippen molar-refractivity contribution in [1.82, 2.24) is 9.47 Å². The van der Waals surface area contributed by atoms with Gasteiger partial charge in [0.2, 0.25) is 5.91 Å². The predicted molar refractivity (Wildman–Crippen MR) is 87.0 cm³/mol. The first-order valence-corrected chi connectivity index (χ1v) is 7.42. The molecule has 25 heavy (non-hydrogen) atoms. The Balaban J connectivity index is 1.82. The van der Waals surface area contributed by atoms with Crippen LogP contribution in [0.2, 0.25) is 0 Å². The zero-order valence-electron chi connectivity index (χ0n) is 13.6. The second kappa shape index (κ2) is 6.27. The zero-order chi connectivity index (χ0) is 18.1. The minimum absolute atomic E-state index is 0.0660. The van der Waals surface area contributed by atoms with E-state index in [0.717, 1.165) is 16.4 Å². The lowest BCUT2D eigenvalue weighted by molar-refractivity contribution is -0.384. The lowest BCUT2D eigenvalue weighted by atomic mass is 10.3. The molecule has 0 spiro atoms. The quantitative estimate of drug-likeness (QED) is 0.517. The number of carbonyl (C=O) groups excluding carboxylic acids is 1. The number of aromatic nitrogens is 1. The van der Waals surface area contributed by atoms with E-state index in [1.54, 1.807) is 19.2 Å². The van der Waals surface area contributed by atoms with Gasteiger partial charge in [-0.1, -0.05) is 0 Å². The van der Waals surface area contributed by atoms with E-state index in [4.69, 9.17) is 8.83 Å². The number of nitro benzene ring substituents is 1. The second-order valence-corrected chi connectivity index (χ2v) is 5.63. The van der Waals surface area contributed by atoms with Crippen molar-refractivity contribution < 1.29 is 18.6 Å². The molecule has 3 aromatic rings. The maximum absolute atomic E-state index is 12.4. The number of rotatable bonds is 5. The fourth-order valence-corrected chi connectivity index (χ4v) is 2.47. The molecule has 0 bridgehead atoms. The van der Waals surface area contributed by atoms with Gasteiger partial charge in [0.25, 0.3) is 5.69 Å². The molecule has 0 saturated heterocycles. The molecule has 0 N–H and O–H groups in total. The predicted octanol–water partition coefficient (Wildman–Crippen LogP) is 2.06. The van der Waals surface area contributed by atoms with Gasteiger partial charge in [-0.15, -0.1) is 0 Å². The van der Waals surface area contributed by atoms with Gasteiger partial charge in [-0.05, 0) is 25.1 Å². The van der Waals surface area contributed by atoms with Crippen LogP contribution in [0.3, 0.4) is 0 Å². The molecule has 1 aromatic carbocycles. The highest BCUT2D eigenvalue weighted by molar-refractivity contribution is 5.80. The topological polar surface area (TPSA) is 112 Å². The zero-order valence-corrected chi connectivity index (χ0v) is 13.6. The molecule has 0 aliphatic heterocycles. The highest BCUT2D eigenvalue weighted by Gasteiger charge is 2.18. The molecule has 0 atom stereocenters. The third-order valence-corrected chi connectivity index (χ3v) is 3.77. The fraction of sp³-hybridized carbons (Fsp3) is 0.250. The van der Waals surface area contributed by atoms with Gasteiger partial charge in [-0.3, -0.25) is 19.5 Å². The van der Waals surface area contributed by atoms with Crippen LogP contribution in [0.5, 0.6) is 0 Å². The number of aryl methyl sites for hydroxylation is 1. The van der Waals surface area contributed by atoms with Crippen LogP contribution in [0, 0.1) is 17.0 Å². The van der Waals surface area contributed by atoms with Crippen LogP contribution in [-0.4, -0.2) is 27.3 Å². The molecule has 9 nitrogen and oxygen atoms in total. The van der Waals surface area contributed by atoms with Crippen LogP contribution in [-0.2, 0) is 17.9 Å². The third kappa shape index (κ3) is 3.30. The summed E-state index contributed by atoms with van der Waals surface area (Å²) in [6.45, 7) is 1.84. The van der Waals surface area contributed by atoms with Crippen LogP contribution >= 0.6 is 0 Å². The normalized spacial score (nSPS) is 11.0. The van der Waals surface area contributed by atoms with Crippen molar-refractivity contribution in [2.45, 2.75) is 20.0 Å². The third-order valence-electron chi connectivity index (χ3n) is 3.77. The van der Waals surface area contributed by atoms with Crippen molar-refractivity contribution in [3.8, 4) is 0 Å². The Bertz CT molecular complexity index is 1010. The number of nitro groups is 1. The molecule has 3 rings (SSSR count). The van der Waals surface area contributed by atoms with Crippen molar-refractivity contribution in [1.29, 1.82) is 0 Å². The van der Waals surface area contributed by atoms with E-state index >= 15 is 0 Å². The number of hydrogen-bond donors (Lipinski definition) is 0. The van der Waals surface area contributed by atoms with Gasteiger partial charge in [-0.2, -0.15) is 0 Å². The number of benzene rings is 1. The highest BCUT2D eigenvalue weighted by Crippen LogP contribution is 2.20. The van der Waals surface area contributed by atoms with Crippen LogP contribution < -0.4 is 5.76 Å². The Morgan fingerprint density at radius 1 is 1.28 bits per heavy atom. The number of fused-ring (bicyclic) bond motifs is 1. The number of likely N-dealkylation sites (N-methyl/N-ethyl adjacent to an activating group) is 1. The van der Waals surface area contributed by atoms with E-state index in [2.05, 4.69) is 0 Å².